The van der Waals surface area contributed by atoms with E-state index in [2.05, 4.69) is 4.18 Å². The molecule has 0 aromatic heterocycles. The summed E-state index contributed by atoms with van der Waals surface area (Å²) in [7, 11) is 3.62. The van der Waals surface area contributed by atoms with E-state index < -0.39 is 89.8 Å². The molecule has 5 nitrogen and oxygen atoms in total. The molecule has 2 aliphatic carbocycles. The predicted molar refractivity (Wildman–Crippen MR) is 165 cm³/mol. The molecule has 47 heavy (non-hydrogen) atoms. The minimum atomic E-state index is -5.75. The van der Waals surface area contributed by atoms with Gasteiger partial charge >= 0.3 is 58.4 Å². The molecule has 2 atom stereocenters. The van der Waals surface area contributed by atoms with E-state index in [1.807, 2.05) is 8.93 Å². The average molecular weight is 882 g/mol. The summed E-state index contributed by atoms with van der Waals surface area (Å²) in [5, 5.41) is 17.0. The Labute approximate surface area is 286 Å². The molecule has 2 unspecified atom stereocenters. The molecule has 2 aliphatic rings. The van der Waals surface area contributed by atoms with Gasteiger partial charge in [0.05, 0.1) is 8.58 Å². The van der Waals surface area contributed by atoms with Crippen LogP contribution in [0.4, 0.5) is 43.7 Å². The maximum atomic E-state index is 13.3. The Morgan fingerprint density at radius 3 is 1.72 bits per heavy atom. The van der Waals surface area contributed by atoms with E-state index in [9.17, 15) is 52.1 Å². The van der Waals surface area contributed by atoms with Crippen molar-refractivity contribution >= 4 is 64.8 Å². The zero-order valence-corrected chi connectivity index (χ0v) is 29.6. The van der Waals surface area contributed by atoms with Crippen molar-refractivity contribution in [2.45, 2.75) is 55.9 Å². The Balaban J connectivity index is 0.000000639. The van der Waals surface area contributed by atoms with E-state index in [1.165, 1.54) is 36.4 Å². The van der Waals surface area contributed by atoms with E-state index in [4.69, 9.17) is 29.9 Å². The van der Waals surface area contributed by atoms with E-state index in [0.717, 1.165) is 0 Å². The molecule has 2 N–H and O–H groups in total. The number of halogens is 12. The van der Waals surface area contributed by atoms with Crippen LogP contribution < -0.4 is 5.46 Å². The molecule has 0 saturated carbocycles. The van der Waals surface area contributed by atoms with E-state index in [0.29, 0.717) is 17.2 Å². The number of allylic oxidation sites excluding steroid dienone is 4. The molecule has 0 heterocycles. The summed E-state index contributed by atoms with van der Waals surface area (Å²) in [5.74, 6) is -7.17. The van der Waals surface area contributed by atoms with Crippen molar-refractivity contribution < 1.29 is 82.1 Å². The van der Waals surface area contributed by atoms with Crippen molar-refractivity contribution in [2.24, 2.45) is 0 Å². The van der Waals surface area contributed by atoms with Crippen LogP contribution in [0.25, 0.3) is 5.57 Å². The van der Waals surface area contributed by atoms with Gasteiger partial charge in [0.25, 0.3) is 11.8 Å². The van der Waals surface area contributed by atoms with Crippen molar-refractivity contribution in [3.8, 4) is 0 Å². The Kier molecular flexibility index (Phi) is 20.6. The van der Waals surface area contributed by atoms with Crippen molar-refractivity contribution in [3.05, 3.63) is 83.6 Å². The third-order valence-corrected chi connectivity index (χ3v) is 6.68. The molecule has 4 rings (SSSR count). The first-order valence-electron chi connectivity index (χ1n) is 12.9. The molecule has 0 aliphatic heterocycles. The Morgan fingerprint density at radius 1 is 0.915 bits per heavy atom. The van der Waals surface area contributed by atoms with Gasteiger partial charge in [-0.3, -0.25) is 0 Å². The Bertz CT molecular complexity index is 1440. The third kappa shape index (κ3) is 18.6. The van der Waals surface area contributed by atoms with Crippen molar-refractivity contribution in [2.75, 3.05) is 0 Å². The van der Waals surface area contributed by atoms with Crippen LogP contribution in [0, 0.1) is 11.6 Å². The first-order valence-corrected chi connectivity index (χ1v) is 20.6. The first-order chi connectivity index (χ1) is 22.0. The summed E-state index contributed by atoms with van der Waals surface area (Å²) in [5.41, 5.74) is -4.50. The minimum absolute atomic E-state index is 0.0949. The fourth-order valence-electron chi connectivity index (χ4n) is 3.48. The van der Waals surface area contributed by atoms with Crippen molar-refractivity contribution in [3.63, 3.8) is 0 Å². The summed E-state index contributed by atoms with van der Waals surface area (Å²) in [6.45, 7) is 0. The standard InChI is InChI=1S/C12H11F3.C7H7F5O3S.C6H6BFO2.2ClH.FH3P2.Pd.H/c13-11-4-2-1-3-10(11)9-5-7-12(14,15)8-6-9;8-6(9)3-1-5(2-4-6)15-16(13,14)7(10,11)12;8-6-4-2-1-3-5(6)7(9)10;;;1-3-2;;/h1-5H,6-8H2;1H,2-4H2;1-4,9-10H;2*1H;3H,2H2;;/q;;;;;;+2;/p-2/i;;;;;;;1+1. The van der Waals surface area contributed by atoms with Gasteiger partial charge in [0.15, 0.2) is 0 Å². The van der Waals surface area contributed by atoms with Gasteiger partial charge < -0.3 is 14.2 Å². The predicted octanol–water partition coefficient (Wildman–Crippen LogP) is 8.54. The van der Waals surface area contributed by atoms with Crippen LogP contribution in [0.15, 0.2) is 66.4 Å². The first kappa shape index (κ1) is 44.1. The van der Waals surface area contributed by atoms with Gasteiger partial charge in [-0.05, 0) is 30.2 Å². The normalized spacial score (nSPS) is 17.3. The number of alkyl halides is 7. The molecule has 0 fully saturated rings. The SMILES string of the molecule is FPP.Fc1ccccc1C1=CCC(F)(F)CC1.O=S(=O)(OC1=CCC(F)(F)CC1)C(F)(F)F.OB(O)c1ccccc1F.[2H][Pd]([Cl])[Cl]. The molecule has 271 valence electrons. The summed E-state index contributed by atoms with van der Waals surface area (Å²) in [6, 6.07) is 11.8. The van der Waals surface area contributed by atoms with Gasteiger partial charge in [-0.1, -0.05) is 51.4 Å². The summed E-state index contributed by atoms with van der Waals surface area (Å²) >= 11 is -1.79. The number of hydrogen-bond donors (Lipinski definition) is 2. The van der Waals surface area contributed by atoms with Crippen LogP contribution in [-0.2, 0) is 30.1 Å². The van der Waals surface area contributed by atoms with Crippen molar-refractivity contribution in [1.82, 2.24) is 0 Å². The molecule has 22 heteroatoms. The quantitative estimate of drug-likeness (QED) is 0.106. The fourth-order valence-corrected chi connectivity index (χ4v) is 4.01. The van der Waals surface area contributed by atoms with Gasteiger partial charge in [-0.15, -0.1) is 0 Å². The van der Waals surface area contributed by atoms with Gasteiger partial charge in [-0.25, -0.2) is 30.5 Å². The molecule has 0 spiro atoms. The van der Waals surface area contributed by atoms with Crippen LogP contribution >= 0.6 is 36.6 Å². The van der Waals surface area contributed by atoms with Gasteiger partial charge in [-0.2, -0.15) is 21.6 Å². The van der Waals surface area contributed by atoms with Crippen LogP contribution in [0.1, 0.15) is 44.1 Å². The second-order valence-electron chi connectivity index (χ2n) is 9.03. The molecule has 0 bridgehead atoms. The average Bonchev–Trinajstić information content (AvgIpc) is 2.95. The van der Waals surface area contributed by atoms with Crippen molar-refractivity contribution in [1.29, 1.82) is 0.783 Å². The van der Waals surface area contributed by atoms with Gasteiger partial charge in [0.2, 0.25) is 0 Å². The monoisotopic (exact) mass is 880 g/mol. The number of benzene rings is 2. The molecule has 0 amide bonds. The second-order valence-corrected chi connectivity index (χ2v) is 13.8. The Hall–Kier alpha value is -0.943. The molecule has 0 saturated heterocycles. The number of hydrogen-bond acceptors (Lipinski definition) is 5. The van der Waals surface area contributed by atoms with E-state index in [1.54, 1.807) is 18.2 Å². The van der Waals surface area contributed by atoms with Crippen LogP contribution in [0.2, 0.25) is 0 Å². The van der Waals surface area contributed by atoms with E-state index in [-0.39, 0.29) is 30.5 Å². The molecule has 0 radical (unpaired) electrons. The second kappa shape index (κ2) is 22.0. The van der Waals surface area contributed by atoms with Crippen LogP contribution in [0.3, 0.4) is 0 Å². The zero-order valence-electron chi connectivity index (χ0n) is 24.6. The maximum absolute atomic E-state index is 13.3. The zero-order chi connectivity index (χ0) is 37.3. The fraction of sp³-hybridized carbons (Fsp3) is 0.360. The Morgan fingerprint density at radius 2 is 1.36 bits per heavy atom. The summed E-state index contributed by atoms with van der Waals surface area (Å²) in [4.78, 5) is 0. The number of rotatable bonds is 4. The molecule has 2 aromatic carbocycles. The molecular formula is C25H28BCl2F10O5P2PdS. The van der Waals surface area contributed by atoms with Gasteiger partial charge in [0, 0.05) is 43.1 Å². The summed E-state index contributed by atoms with van der Waals surface area (Å²) < 4.78 is 154. The molecule has 2 aromatic rings. The van der Waals surface area contributed by atoms with E-state index >= 15 is 0 Å². The molecular weight excluding hydrogens is 852 g/mol. The van der Waals surface area contributed by atoms with Crippen LogP contribution in [-0.4, -0.2) is 43.7 Å². The van der Waals surface area contributed by atoms with Gasteiger partial charge in [0.1, 0.15) is 17.4 Å². The third-order valence-electron chi connectivity index (χ3n) is 5.68. The van der Waals surface area contributed by atoms with Crippen LogP contribution in [0.5, 0.6) is 0 Å². The topological polar surface area (TPSA) is 83.8 Å². The summed E-state index contributed by atoms with van der Waals surface area (Å²) in [6.07, 6.45) is -0.212.